The van der Waals surface area contributed by atoms with Gasteiger partial charge in [-0.1, -0.05) is 65.3 Å². The second-order valence-corrected chi connectivity index (χ2v) is 15.7. The van der Waals surface area contributed by atoms with Crippen molar-refractivity contribution in [2.45, 2.75) is 130 Å². The number of likely N-dealkylation sites (tertiary alicyclic amines) is 1. The van der Waals surface area contributed by atoms with E-state index in [0.717, 1.165) is 11.1 Å². The lowest BCUT2D eigenvalue weighted by Crippen LogP contribution is -2.59. The molecule has 0 aromatic heterocycles. The Morgan fingerprint density at radius 2 is 1.48 bits per heavy atom. The summed E-state index contributed by atoms with van der Waals surface area (Å²) in [6, 6.07) is 3.06. The fourth-order valence-corrected chi connectivity index (χ4v) is 6.93. The quantitative estimate of drug-likeness (QED) is 0.0937. The number of fused-ring (bicyclic) bond motifs is 1. The van der Waals surface area contributed by atoms with Gasteiger partial charge in [0, 0.05) is 39.4 Å². The summed E-state index contributed by atoms with van der Waals surface area (Å²) in [4.78, 5) is 120. The first-order valence-corrected chi connectivity index (χ1v) is 20.2. The van der Waals surface area contributed by atoms with Gasteiger partial charge in [0.15, 0.2) is 0 Å². The van der Waals surface area contributed by atoms with Gasteiger partial charge in [-0.3, -0.25) is 38.4 Å². The van der Waals surface area contributed by atoms with Gasteiger partial charge in [-0.15, -0.1) is 0 Å². The largest absolute Gasteiger partial charge is 0.444 e. The number of amides is 7. The average Bonchev–Trinajstić information content (AvgIpc) is 3.62. The van der Waals surface area contributed by atoms with Crippen LogP contribution < -0.4 is 26.6 Å². The molecular formula is C41H61N7O10. The van der Waals surface area contributed by atoms with E-state index >= 15 is 0 Å². The number of rotatable bonds is 20. The maximum Gasteiger partial charge on any atom is 0.410 e. The van der Waals surface area contributed by atoms with Crippen LogP contribution in [0.15, 0.2) is 24.3 Å². The minimum Gasteiger partial charge on any atom is -0.444 e. The summed E-state index contributed by atoms with van der Waals surface area (Å²) < 4.78 is 5.91. The van der Waals surface area contributed by atoms with E-state index in [1.807, 2.05) is 24.3 Å². The van der Waals surface area contributed by atoms with E-state index in [4.69, 9.17) is 4.74 Å². The highest BCUT2D eigenvalue weighted by Crippen LogP contribution is 2.26. The predicted octanol–water partition coefficient (Wildman–Crippen LogP) is 1.30. The molecule has 1 aromatic carbocycles. The van der Waals surface area contributed by atoms with Crippen LogP contribution in [0.4, 0.5) is 4.79 Å². The Balaban J connectivity index is 1.83. The first kappa shape index (κ1) is 47.0. The molecule has 2 aliphatic heterocycles. The van der Waals surface area contributed by atoms with Crippen molar-refractivity contribution in [3.8, 4) is 0 Å². The molecule has 2 aliphatic rings. The summed E-state index contributed by atoms with van der Waals surface area (Å²) in [5.41, 5.74) is 2.11. The molecule has 1 aromatic rings. The molecule has 1 saturated heterocycles. The Morgan fingerprint density at radius 1 is 0.845 bits per heavy atom. The second-order valence-electron chi connectivity index (χ2n) is 15.7. The molecule has 2 unspecified atom stereocenters. The van der Waals surface area contributed by atoms with Gasteiger partial charge < -0.3 is 41.1 Å². The Kier molecular flexibility index (Phi) is 18.3. The van der Waals surface area contributed by atoms with Crippen LogP contribution in [0.25, 0.3) is 0 Å². The van der Waals surface area contributed by atoms with Gasteiger partial charge in [0.2, 0.25) is 35.3 Å². The lowest BCUT2D eigenvalue weighted by molar-refractivity contribution is -0.144. The maximum absolute atomic E-state index is 14.5. The first-order valence-electron chi connectivity index (χ1n) is 20.2. The van der Waals surface area contributed by atoms with E-state index in [2.05, 4.69) is 26.6 Å². The molecule has 58 heavy (non-hydrogen) atoms. The molecule has 5 atom stereocenters. The Morgan fingerprint density at radius 3 is 2.09 bits per heavy atom. The van der Waals surface area contributed by atoms with E-state index in [-0.39, 0.29) is 62.3 Å². The molecule has 3 rings (SSSR count). The number of benzene rings is 1. The molecule has 0 spiro atoms. The zero-order valence-corrected chi connectivity index (χ0v) is 34.8. The zero-order chi connectivity index (χ0) is 43.1. The van der Waals surface area contributed by atoms with Crippen LogP contribution in [0.3, 0.4) is 0 Å². The van der Waals surface area contributed by atoms with E-state index in [1.54, 1.807) is 39.5 Å². The van der Waals surface area contributed by atoms with Crippen LogP contribution in [0.5, 0.6) is 0 Å². The maximum atomic E-state index is 14.5. The van der Waals surface area contributed by atoms with Gasteiger partial charge >= 0.3 is 6.09 Å². The van der Waals surface area contributed by atoms with Crippen molar-refractivity contribution >= 4 is 53.1 Å². The molecule has 0 aliphatic carbocycles. The van der Waals surface area contributed by atoms with Gasteiger partial charge in [-0.05, 0) is 55.6 Å². The smallest absolute Gasteiger partial charge is 0.410 e. The minimum absolute atomic E-state index is 0.0918. The molecule has 0 radical (unpaired) electrons. The summed E-state index contributed by atoms with van der Waals surface area (Å²) >= 11 is 0. The molecule has 7 amide bonds. The van der Waals surface area contributed by atoms with Crippen molar-refractivity contribution in [2.24, 2.45) is 11.8 Å². The molecule has 0 bridgehead atoms. The van der Waals surface area contributed by atoms with Crippen molar-refractivity contribution in [2.75, 3.05) is 26.7 Å². The SMILES string of the molecule is CCCC(NC(=O)C1C[C@@H](OC(=O)N2CCc3ccccc3C2)CN1C(=O)[C@@H](NC(=O)[C@@H](NC(=O)CCCCC(=O)NC)C(C)C)C(C)C)C(=O)C(=O)NCC(C)=O. The number of unbranched alkanes of at least 4 members (excludes halogenated alkanes) is 1. The second kappa shape index (κ2) is 22.6. The lowest BCUT2D eigenvalue weighted by atomic mass is 9.98. The van der Waals surface area contributed by atoms with Crippen LogP contribution in [0.1, 0.15) is 97.6 Å². The monoisotopic (exact) mass is 811 g/mol. The Labute approximate surface area is 340 Å². The normalized spacial score (nSPS) is 17.7. The molecule has 0 saturated carbocycles. The predicted molar refractivity (Wildman–Crippen MR) is 213 cm³/mol. The van der Waals surface area contributed by atoms with E-state index < -0.39 is 71.7 Å². The fraction of sp³-hybridized carbons (Fsp3) is 0.634. The summed E-state index contributed by atoms with van der Waals surface area (Å²) in [5.74, 6) is -5.77. The summed E-state index contributed by atoms with van der Waals surface area (Å²) in [7, 11) is 1.53. The van der Waals surface area contributed by atoms with Gasteiger partial charge in [0.05, 0.1) is 19.1 Å². The third kappa shape index (κ3) is 13.6. The van der Waals surface area contributed by atoms with Gasteiger partial charge in [0.25, 0.3) is 5.91 Å². The molecular weight excluding hydrogens is 750 g/mol. The van der Waals surface area contributed by atoms with Crippen molar-refractivity contribution in [1.82, 2.24) is 36.4 Å². The number of carbonyl (C=O) groups excluding carboxylic acids is 9. The van der Waals surface area contributed by atoms with E-state index in [1.165, 1.54) is 18.9 Å². The molecule has 320 valence electrons. The van der Waals surface area contributed by atoms with Crippen LogP contribution in [-0.4, -0.2) is 120 Å². The van der Waals surface area contributed by atoms with Crippen molar-refractivity contribution < 1.29 is 47.9 Å². The van der Waals surface area contributed by atoms with E-state index in [0.29, 0.717) is 38.8 Å². The van der Waals surface area contributed by atoms with Crippen LogP contribution in [0, 0.1) is 11.8 Å². The van der Waals surface area contributed by atoms with Crippen LogP contribution in [0.2, 0.25) is 0 Å². The van der Waals surface area contributed by atoms with Crippen molar-refractivity contribution in [3.05, 3.63) is 35.4 Å². The number of ketones is 2. The average molecular weight is 812 g/mol. The van der Waals surface area contributed by atoms with Crippen molar-refractivity contribution in [1.29, 1.82) is 0 Å². The number of nitrogens with one attached hydrogen (secondary N) is 5. The molecule has 17 nitrogen and oxygen atoms in total. The Bertz CT molecular complexity index is 1680. The van der Waals surface area contributed by atoms with Crippen LogP contribution >= 0.6 is 0 Å². The highest BCUT2D eigenvalue weighted by molar-refractivity contribution is 6.38. The van der Waals surface area contributed by atoms with Crippen LogP contribution in [-0.2, 0) is 56.1 Å². The summed E-state index contributed by atoms with van der Waals surface area (Å²) in [6.07, 6.45) is 0.738. The highest BCUT2D eigenvalue weighted by Gasteiger charge is 2.46. The summed E-state index contributed by atoms with van der Waals surface area (Å²) in [5, 5.41) is 12.9. The Hall–Kier alpha value is -5.35. The van der Waals surface area contributed by atoms with Crippen molar-refractivity contribution in [3.63, 3.8) is 0 Å². The lowest BCUT2D eigenvalue weighted by Gasteiger charge is -2.32. The number of ether oxygens (including phenoxy) is 1. The highest BCUT2D eigenvalue weighted by atomic mass is 16.6. The molecule has 17 heteroatoms. The zero-order valence-electron chi connectivity index (χ0n) is 34.8. The molecule has 5 N–H and O–H groups in total. The number of carbonyl (C=O) groups is 9. The number of nitrogens with zero attached hydrogens (tertiary/aromatic N) is 2. The van der Waals surface area contributed by atoms with Gasteiger partial charge in [-0.25, -0.2) is 4.79 Å². The molecule has 1 fully saturated rings. The van der Waals surface area contributed by atoms with E-state index in [9.17, 15) is 43.2 Å². The number of hydrogen-bond acceptors (Lipinski definition) is 10. The fourth-order valence-electron chi connectivity index (χ4n) is 6.93. The minimum atomic E-state index is -1.27. The number of Topliss-reactive ketones (excluding diaryl/α,β-unsaturated/α-hetero) is 2. The topological polar surface area (TPSA) is 229 Å². The summed E-state index contributed by atoms with van der Waals surface area (Å²) in [6.45, 7) is 10.1. The standard InChI is InChI=1S/C41H61N7O10/c1-8-13-30(36(52)39(55)43-21-26(6)49)44-37(53)31-20-29(58-41(57)47-19-18-27-14-9-10-15-28(27)22-47)23-48(31)40(56)35(25(4)5)46-38(54)34(24(2)3)45-33(51)17-12-11-16-32(50)42-7/h9-10,14-15,24-25,29-31,34-35H,8,11-13,16-23H2,1-7H3,(H,42,50)(H,43,55)(H,44,53)(H,45,51)(H,46,54)/t29-,30?,31?,34+,35+/m1/s1. The molecule has 2 heterocycles. The number of hydrogen-bond donors (Lipinski definition) is 5. The third-order valence-corrected chi connectivity index (χ3v) is 10.3. The van der Waals surface area contributed by atoms with Gasteiger partial charge in [-0.2, -0.15) is 0 Å². The first-order chi connectivity index (χ1) is 27.5. The third-order valence-electron chi connectivity index (χ3n) is 10.3. The van der Waals surface area contributed by atoms with Gasteiger partial charge in [0.1, 0.15) is 30.0 Å².